The van der Waals surface area contributed by atoms with Crippen molar-refractivity contribution in [3.8, 4) is 0 Å². The van der Waals surface area contributed by atoms with Crippen molar-refractivity contribution in [3.05, 3.63) is 65.7 Å². The molecule has 0 aliphatic rings. The molecule has 28 heavy (non-hydrogen) atoms. The number of rotatable bonds is 6. The number of hydrogen-bond acceptors (Lipinski definition) is 4. The summed E-state index contributed by atoms with van der Waals surface area (Å²) in [7, 11) is 0. The van der Waals surface area contributed by atoms with Crippen LogP contribution in [0.4, 0.5) is 11.4 Å². The van der Waals surface area contributed by atoms with Crippen LogP contribution in [0.15, 0.2) is 60.2 Å². The van der Waals surface area contributed by atoms with Crippen molar-refractivity contribution in [2.24, 2.45) is 0 Å². The Hall–Kier alpha value is -2.93. The molecule has 0 aromatic heterocycles. The maximum atomic E-state index is 12.2. The minimum Gasteiger partial charge on any atom is -0.0494 e. The molecule has 0 bridgehead atoms. The second kappa shape index (κ2) is 8.84. The van der Waals surface area contributed by atoms with Crippen LogP contribution in [-0.4, -0.2) is 40.0 Å². The Kier molecular flexibility index (Phi) is 6.75. The molecule has 4 N–H and O–H groups in total. The van der Waals surface area contributed by atoms with Crippen molar-refractivity contribution in [1.29, 1.82) is 0 Å². The van der Waals surface area contributed by atoms with E-state index in [4.69, 9.17) is 8.19 Å². The van der Waals surface area contributed by atoms with Gasteiger partial charge in [-0.15, -0.1) is 0 Å². The zero-order chi connectivity index (χ0) is 20.9. The average Bonchev–Trinajstić information content (AvgIpc) is 2.61. The van der Waals surface area contributed by atoms with Gasteiger partial charge in [-0.1, -0.05) is 0 Å². The van der Waals surface area contributed by atoms with Crippen molar-refractivity contribution < 1.29 is 26.3 Å². The van der Waals surface area contributed by atoms with Gasteiger partial charge >= 0.3 is 129 Å². The van der Waals surface area contributed by atoms with E-state index in [0.717, 1.165) is 6.08 Å². The van der Waals surface area contributed by atoms with E-state index in [0.29, 0.717) is 16.9 Å². The molecule has 2 aromatic rings. The second-order valence-electron chi connectivity index (χ2n) is 6.00. The number of anilines is 2. The fourth-order valence-corrected chi connectivity index (χ4v) is 3.33. The predicted octanol–water partition coefficient (Wildman–Crippen LogP) is 0.974. The van der Waals surface area contributed by atoms with E-state index >= 15 is 0 Å². The summed E-state index contributed by atoms with van der Waals surface area (Å²) in [6.07, 6.45) is 1.13. The third kappa shape index (κ3) is 6.06. The van der Waals surface area contributed by atoms with E-state index in [1.807, 2.05) is 0 Å². The van der Waals surface area contributed by atoms with E-state index in [9.17, 15) is 18.1 Å². The molecule has 9 heteroatoms. The average molecular weight is 446 g/mol. The van der Waals surface area contributed by atoms with Crippen LogP contribution in [0.2, 0.25) is 0 Å². The quantitative estimate of drug-likeness (QED) is 0.297. The zero-order valence-corrected chi connectivity index (χ0v) is 17.0. The van der Waals surface area contributed by atoms with Gasteiger partial charge in [-0.2, -0.15) is 0 Å². The number of carbonyl (C=O) groups is 3. The van der Waals surface area contributed by atoms with E-state index < -0.39 is 26.0 Å². The monoisotopic (exact) mass is 446 g/mol. The third-order valence-corrected chi connectivity index (χ3v) is 5.76. The summed E-state index contributed by atoms with van der Waals surface area (Å²) in [5, 5.41) is 5.13. The molecule has 0 radical (unpaired) electrons. The standard InChI is InChI=1S/C19H19AsN2O6/c1-12(11-18(24)21-16-7-3-14(4-8-16)13(2)23)19(25)22-17-9-5-15(6-10-17)20(26,27)28/h3-11H,1-2H3,(H,21,24)(H,22,25)(H2,26,27,28)/b12-11-. The van der Waals surface area contributed by atoms with Gasteiger partial charge in [-0.25, -0.2) is 0 Å². The summed E-state index contributed by atoms with van der Waals surface area (Å²) in [6, 6.07) is 11.6. The van der Waals surface area contributed by atoms with Crippen molar-refractivity contribution in [2.75, 3.05) is 10.6 Å². The van der Waals surface area contributed by atoms with Gasteiger partial charge in [0, 0.05) is 5.56 Å². The minimum absolute atomic E-state index is 0.0832. The molecule has 0 saturated heterocycles. The van der Waals surface area contributed by atoms with Crippen LogP contribution in [0.5, 0.6) is 0 Å². The molecule has 8 nitrogen and oxygen atoms in total. The topological polar surface area (TPSA) is 133 Å². The summed E-state index contributed by atoms with van der Waals surface area (Å²) >= 11 is -4.97. The molecule has 0 unspecified atom stereocenters. The fourth-order valence-electron chi connectivity index (χ4n) is 2.20. The van der Waals surface area contributed by atoms with Gasteiger partial charge in [0.2, 0.25) is 0 Å². The molecule has 0 heterocycles. The number of nitrogens with one attached hydrogen (secondary N) is 2. The summed E-state index contributed by atoms with van der Waals surface area (Å²) in [5.74, 6) is -1.13. The van der Waals surface area contributed by atoms with Gasteiger partial charge in [-0.3, -0.25) is 4.79 Å². The Morgan fingerprint density at radius 3 is 1.86 bits per heavy atom. The maximum absolute atomic E-state index is 12.2. The molecule has 0 saturated carbocycles. The summed E-state index contributed by atoms with van der Waals surface area (Å²) < 4.78 is 29.4. The molecule has 0 fully saturated rings. The molecule has 146 valence electrons. The van der Waals surface area contributed by atoms with Crippen molar-refractivity contribution in [1.82, 2.24) is 0 Å². The molecular weight excluding hydrogens is 427 g/mol. The minimum atomic E-state index is -4.97. The first-order valence-electron chi connectivity index (χ1n) is 8.14. The van der Waals surface area contributed by atoms with Gasteiger partial charge in [0.25, 0.3) is 0 Å². The molecule has 2 aromatic carbocycles. The fraction of sp³-hybridized carbons (Fsp3) is 0.105. The first-order chi connectivity index (χ1) is 13.1. The summed E-state index contributed by atoms with van der Waals surface area (Å²) in [5.41, 5.74) is 1.48. The van der Waals surface area contributed by atoms with E-state index in [-0.39, 0.29) is 15.7 Å². The molecule has 0 spiro atoms. The first-order valence-corrected chi connectivity index (χ1v) is 11.5. The van der Waals surface area contributed by atoms with Crippen molar-refractivity contribution in [3.63, 3.8) is 0 Å². The van der Waals surface area contributed by atoms with E-state index in [2.05, 4.69) is 10.6 Å². The van der Waals surface area contributed by atoms with Crippen LogP contribution in [0, 0.1) is 0 Å². The van der Waals surface area contributed by atoms with Crippen molar-refractivity contribution in [2.45, 2.75) is 13.8 Å². The Labute approximate surface area is 164 Å². The number of carbonyl (C=O) groups excluding carboxylic acids is 3. The Bertz CT molecular complexity index is 974. The van der Waals surface area contributed by atoms with Gasteiger partial charge in [-0.05, 0) is 19.1 Å². The molecule has 2 amide bonds. The van der Waals surface area contributed by atoms with Crippen LogP contribution in [-0.2, 0) is 13.3 Å². The number of ketones is 1. The molecule has 0 aliphatic carbocycles. The molecule has 0 atom stereocenters. The normalized spacial score (nSPS) is 11.6. The van der Waals surface area contributed by atoms with Crippen molar-refractivity contribution >= 4 is 47.5 Å². The van der Waals surface area contributed by atoms with Crippen LogP contribution < -0.4 is 15.0 Å². The van der Waals surface area contributed by atoms with Crippen LogP contribution in [0.3, 0.4) is 0 Å². The summed E-state index contributed by atoms with van der Waals surface area (Å²) in [4.78, 5) is 35.4. The number of hydrogen-bond donors (Lipinski definition) is 4. The Morgan fingerprint density at radius 2 is 1.36 bits per heavy atom. The van der Waals surface area contributed by atoms with Gasteiger partial charge in [0.1, 0.15) is 0 Å². The Balaban J connectivity index is 1.99. The van der Waals surface area contributed by atoms with E-state index in [1.54, 1.807) is 24.3 Å². The number of amides is 2. The Morgan fingerprint density at radius 1 is 0.857 bits per heavy atom. The molecular formula is C19H19AsN2O6. The predicted molar refractivity (Wildman–Crippen MR) is 104 cm³/mol. The second-order valence-corrected chi connectivity index (χ2v) is 9.36. The van der Waals surface area contributed by atoms with E-state index in [1.165, 1.54) is 38.1 Å². The zero-order valence-electron chi connectivity index (χ0n) is 15.2. The number of benzene rings is 2. The molecule has 0 aliphatic heterocycles. The van der Waals surface area contributed by atoms with Crippen LogP contribution >= 0.6 is 0 Å². The smallest absolute Gasteiger partial charge is 0.0494 e. The van der Waals surface area contributed by atoms with Crippen LogP contribution in [0.25, 0.3) is 0 Å². The first kappa shape index (κ1) is 21.4. The van der Waals surface area contributed by atoms with Gasteiger partial charge in [0.05, 0.1) is 0 Å². The van der Waals surface area contributed by atoms with Gasteiger partial charge < -0.3 is 0 Å². The SMILES string of the molecule is CC(=O)c1ccc(NC(=O)/C=C(/C)C(=O)Nc2ccc([As](=O)(O)O)cc2)cc1. The van der Waals surface area contributed by atoms with Crippen LogP contribution in [0.1, 0.15) is 24.2 Å². The van der Waals surface area contributed by atoms with Gasteiger partial charge in [0.15, 0.2) is 5.78 Å². The molecule has 2 rings (SSSR count). The third-order valence-electron chi connectivity index (χ3n) is 3.73. The summed E-state index contributed by atoms with van der Waals surface area (Å²) in [6.45, 7) is 2.90. The number of Topliss-reactive ketones (excluding diaryl/α,β-unsaturated/α-hetero) is 1.